The highest BCUT2D eigenvalue weighted by Crippen LogP contribution is 2.56. The Balaban J connectivity index is 1.94. The first kappa shape index (κ1) is 17.5. The first-order chi connectivity index (χ1) is 11.1. The fourth-order valence-electron chi connectivity index (χ4n) is 4.32. The Kier molecular flexibility index (Phi) is 4.10. The number of hydrogen-bond donors (Lipinski definition) is 0. The lowest BCUT2D eigenvalue weighted by Gasteiger charge is -2.42. The zero-order valence-electron chi connectivity index (χ0n) is 16.7. The monoisotopic (exact) mass is 322 g/mol. The molecule has 0 saturated heterocycles. The van der Waals surface area contributed by atoms with Crippen molar-refractivity contribution < 1.29 is 0 Å². The summed E-state index contributed by atoms with van der Waals surface area (Å²) in [6.45, 7) is 16.4. The second-order valence-corrected chi connectivity index (χ2v) is 9.65. The molecule has 2 aliphatic carbocycles. The van der Waals surface area contributed by atoms with E-state index in [0.29, 0.717) is 22.2 Å². The highest BCUT2D eigenvalue weighted by atomic mass is 14.5. The molecule has 130 valence electrons. The Bertz CT molecular complexity index is 699. The molecule has 0 heteroatoms. The van der Waals surface area contributed by atoms with Crippen LogP contribution in [-0.4, -0.2) is 0 Å². The van der Waals surface area contributed by atoms with Gasteiger partial charge in [-0.2, -0.15) is 0 Å². The smallest absolute Gasteiger partial charge is 0.000611 e. The Morgan fingerprint density at radius 1 is 1.00 bits per heavy atom. The average molecular weight is 323 g/mol. The van der Waals surface area contributed by atoms with Gasteiger partial charge in [-0.15, -0.1) is 0 Å². The summed E-state index contributed by atoms with van der Waals surface area (Å²) < 4.78 is 0. The van der Waals surface area contributed by atoms with Gasteiger partial charge in [-0.3, -0.25) is 0 Å². The van der Waals surface area contributed by atoms with E-state index >= 15 is 0 Å². The van der Waals surface area contributed by atoms with Crippen molar-refractivity contribution in [2.75, 3.05) is 0 Å². The van der Waals surface area contributed by atoms with Crippen molar-refractivity contribution in [1.82, 2.24) is 0 Å². The van der Waals surface area contributed by atoms with Crippen LogP contribution >= 0.6 is 0 Å². The van der Waals surface area contributed by atoms with Crippen molar-refractivity contribution in [3.05, 3.63) is 58.7 Å². The van der Waals surface area contributed by atoms with Gasteiger partial charge in [0.2, 0.25) is 0 Å². The summed E-state index contributed by atoms with van der Waals surface area (Å²) in [6, 6.07) is 7.40. The molecule has 0 spiro atoms. The summed E-state index contributed by atoms with van der Waals surface area (Å²) in [6.07, 6.45) is 10.8. The fraction of sp³-hybridized carbons (Fsp3) is 0.583. The summed E-state index contributed by atoms with van der Waals surface area (Å²) in [4.78, 5) is 0. The van der Waals surface area contributed by atoms with Crippen molar-refractivity contribution in [2.45, 2.75) is 84.0 Å². The van der Waals surface area contributed by atoms with Crippen molar-refractivity contribution in [3.8, 4) is 0 Å². The van der Waals surface area contributed by atoms with E-state index in [9.17, 15) is 0 Å². The molecule has 0 aromatic heterocycles. The summed E-state index contributed by atoms with van der Waals surface area (Å²) in [5.41, 5.74) is 7.02. The van der Waals surface area contributed by atoms with Crippen LogP contribution in [0.4, 0.5) is 0 Å². The topological polar surface area (TPSA) is 0 Å². The van der Waals surface area contributed by atoms with Gasteiger partial charge in [0.25, 0.3) is 0 Å². The lowest BCUT2D eigenvalue weighted by Crippen LogP contribution is -2.34. The lowest BCUT2D eigenvalue weighted by molar-refractivity contribution is 0.331. The molecule has 0 nitrogen and oxygen atoms in total. The predicted molar refractivity (Wildman–Crippen MR) is 106 cm³/mol. The van der Waals surface area contributed by atoms with Crippen LogP contribution in [0.2, 0.25) is 0 Å². The van der Waals surface area contributed by atoms with Crippen LogP contribution in [0.1, 0.15) is 84.4 Å². The van der Waals surface area contributed by atoms with Gasteiger partial charge in [0.05, 0.1) is 0 Å². The Morgan fingerprint density at radius 3 is 2.25 bits per heavy atom. The number of rotatable bonds is 3. The molecule has 1 saturated carbocycles. The van der Waals surface area contributed by atoms with Gasteiger partial charge in [-0.05, 0) is 72.0 Å². The molecule has 1 aromatic rings. The maximum atomic E-state index is 2.55. The SMILES string of the molecule is C/C=C(C)/C=C/[C@@H]1C[C@]1(C)c1ccc2c(c1)C(C)(C)CCC2(C)C. The molecular formula is C24H34. The summed E-state index contributed by atoms with van der Waals surface area (Å²) >= 11 is 0. The zero-order valence-corrected chi connectivity index (χ0v) is 16.7. The van der Waals surface area contributed by atoms with Crippen molar-refractivity contribution in [2.24, 2.45) is 5.92 Å². The molecule has 0 amide bonds. The molecule has 3 rings (SSSR count). The third-order valence-corrected chi connectivity index (χ3v) is 6.86. The number of hydrogen-bond acceptors (Lipinski definition) is 0. The molecule has 24 heavy (non-hydrogen) atoms. The first-order valence-corrected chi connectivity index (χ1v) is 9.57. The van der Waals surface area contributed by atoms with E-state index in [2.05, 4.69) is 84.9 Å². The normalized spacial score (nSPS) is 31.1. The van der Waals surface area contributed by atoms with Crippen LogP contribution in [-0.2, 0) is 16.2 Å². The van der Waals surface area contributed by atoms with Crippen LogP contribution in [0, 0.1) is 5.92 Å². The minimum absolute atomic E-state index is 0.305. The molecule has 0 unspecified atom stereocenters. The first-order valence-electron chi connectivity index (χ1n) is 9.57. The second-order valence-electron chi connectivity index (χ2n) is 9.65. The fourth-order valence-corrected chi connectivity index (χ4v) is 4.32. The van der Waals surface area contributed by atoms with Crippen LogP contribution in [0.5, 0.6) is 0 Å². The molecule has 0 N–H and O–H groups in total. The minimum atomic E-state index is 0.305. The van der Waals surface area contributed by atoms with Gasteiger partial charge >= 0.3 is 0 Å². The van der Waals surface area contributed by atoms with Crippen molar-refractivity contribution >= 4 is 0 Å². The second kappa shape index (κ2) is 5.61. The molecule has 0 aliphatic heterocycles. The van der Waals surface area contributed by atoms with Crippen LogP contribution < -0.4 is 0 Å². The van der Waals surface area contributed by atoms with E-state index in [1.54, 1.807) is 16.7 Å². The van der Waals surface area contributed by atoms with Crippen LogP contribution in [0.3, 0.4) is 0 Å². The Morgan fingerprint density at radius 2 is 1.62 bits per heavy atom. The van der Waals surface area contributed by atoms with Gasteiger partial charge in [-0.1, -0.05) is 76.6 Å². The van der Waals surface area contributed by atoms with Gasteiger partial charge < -0.3 is 0 Å². The third-order valence-electron chi connectivity index (χ3n) is 6.86. The highest BCUT2D eigenvalue weighted by molar-refractivity contribution is 5.48. The lowest BCUT2D eigenvalue weighted by atomic mass is 9.62. The van der Waals surface area contributed by atoms with Crippen LogP contribution in [0.15, 0.2) is 42.0 Å². The van der Waals surface area contributed by atoms with E-state index in [4.69, 9.17) is 0 Å². The zero-order chi connectivity index (χ0) is 17.8. The molecule has 2 aliphatic rings. The quantitative estimate of drug-likeness (QED) is 0.535. The standard InChI is InChI=1S/C24H34/c1-8-17(2)9-10-19-16-24(19,7)18-11-12-20-21(15-18)23(5,6)14-13-22(20,3)4/h8-12,15,19H,13-14,16H2,1-7H3/b10-9+,17-8+/t19-,24-/m1/s1. The largest absolute Gasteiger partial charge is 0.0847 e. The maximum absolute atomic E-state index is 2.55. The molecular weight excluding hydrogens is 288 g/mol. The average Bonchev–Trinajstić information content (AvgIpc) is 3.21. The van der Waals surface area contributed by atoms with E-state index < -0.39 is 0 Å². The molecule has 0 radical (unpaired) electrons. The third kappa shape index (κ3) is 2.89. The van der Waals surface area contributed by atoms with Gasteiger partial charge in [0.1, 0.15) is 0 Å². The van der Waals surface area contributed by atoms with E-state index in [-0.39, 0.29) is 0 Å². The van der Waals surface area contributed by atoms with Crippen LogP contribution in [0.25, 0.3) is 0 Å². The summed E-state index contributed by atoms with van der Waals surface area (Å²) in [5, 5.41) is 0. The predicted octanol–water partition coefficient (Wildman–Crippen LogP) is 6.84. The Hall–Kier alpha value is -1.30. The van der Waals surface area contributed by atoms with E-state index in [0.717, 1.165) is 0 Å². The molecule has 1 aromatic carbocycles. The number of fused-ring (bicyclic) bond motifs is 1. The van der Waals surface area contributed by atoms with Crippen molar-refractivity contribution in [3.63, 3.8) is 0 Å². The van der Waals surface area contributed by atoms with E-state index in [1.165, 1.54) is 24.8 Å². The number of allylic oxidation sites excluding steroid dienone is 4. The maximum Gasteiger partial charge on any atom is -0.000611 e. The van der Waals surface area contributed by atoms with E-state index in [1.807, 2.05) is 0 Å². The van der Waals surface area contributed by atoms with Gasteiger partial charge in [0, 0.05) is 0 Å². The summed E-state index contributed by atoms with van der Waals surface area (Å²) in [7, 11) is 0. The molecule has 0 bridgehead atoms. The van der Waals surface area contributed by atoms with Gasteiger partial charge in [0.15, 0.2) is 0 Å². The highest BCUT2D eigenvalue weighted by Gasteiger charge is 2.50. The van der Waals surface area contributed by atoms with Crippen molar-refractivity contribution in [1.29, 1.82) is 0 Å². The molecule has 2 atom stereocenters. The number of benzene rings is 1. The molecule has 1 fully saturated rings. The Labute approximate surface area is 149 Å². The summed E-state index contributed by atoms with van der Waals surface area (Å²) in [5.74, 6) is 0.685. The van der Waals surface area contributed by atoms with Gasteiger partial charge in [-0.25, -0.2) is 0 Å². The minimum Gasteiger partial charge on any atom is -0.0847 e. The molecule has 0 heterocycles.